The lowest BCUT2D eigenvalue weighted by atomic mass is 10.2. The second-order valence-corrected chi connectivity index (χ2v) is 4.26. The Bertz CT molecular complexity index is 603. The van der Waals surface area contributed by atoms with Gasteiger partial charge in [0.2, 0.25) is 0 Å². The lowest BCUT2D eigenvalue weighted by Crippen LogP contribution is -2.24. The number of benzene rings is 1. The Hall–Kier alpha value is -2.34. The zero-order chi connectivity index (χ0) is 13.2. The van der Waals surface area contributed by atoms with Gasteiger partial charge in [0, 0.05) is 11.8 Å². The molecule has 0 bridgehead atoms. The fourth-order valence-electron chi connectivity index (χ4n) is 1.96. The molecule has 3 N–H and O–H groups in total. The van der Waals surface area contributed by atoms with Crippen LogP contribution in [0.15, 0.2) is 30.3 Å². The molecule has 19 heavy (non-hydrogen) atoms. The molecule has 6 nitrogen and oxygen atoms in total. The number of aryl methyl sites for hydroxylation is 1. The van der Waals surface area contributed by atoms with E-state index in [1.54, 1.807) is 6.07 Å². The molecule has 0 fully saturated rings. The van der Waals surface area contributed by atoms with Crippen molar-refractivity contribution in [1.82, 2.24) is 9.97 Å². The number of fused-ring (bicyclic) bond motifs is 1. The summed E-state index contributed by atoms with van der Waals surface area (Å²) in [5.74, 6) is 7.94. The maximum atomic E-state index is 5.85. The summed E-state index contributed by atoms with van der Waals surface area (Å²) in [7, 11) is 0. The van der Waals surface area contributed by atoms with Crippen LogP contribution in [0.4, 0.5) is 5.82 Å². The Labute approximate surface area is 110 Å². The van der Waals surface area contributed by atoms with Gasteiger partial charge in [0.05, 0.1) is 0 Å². The SMILES string of the molecule is Cc1cc(NN)nc(C2COc3ccccc3O2)n1. The van der Waals surface area contributed by atoms with Crippen molar-refractivity contribution in [1.29, 1.82) is 0 Å². The predicted molar refractivity (Wildman–Crippen MR) is 69.9 cm³/mol. The average molecular weight is 258 g/mol. The van der Waals surface area contributed by atoms with Crippen molar-refractivity contribution < 1.29 is 9.47 Å². The minimum Gasteiger partial charge on any atom is -0.485 e. The molecule has 0 radical (unpaired) electrons. The van der Waals surface area contributed by atoms with Crippen molar-refractivity contribution in [2.75, 3.05) is 12.0 Å². The Balaban J connectivity index is 1.90. The number of aromatic nitrogens is 2. The predicted octanol–water partition coefficient (Wildman–Crippen LogP) is 1.58. The lowest BCUT2D eigenvalue weighted by Gasteiger charge is -2.25. The van der Waals surface area contributed by atoms with E-state index in [1.807, 2.05) is 31.2 Å². The maximum absolute atomic E-state index is 5.85. The molecular formula is C13H14N4O2. The van der Waals surface area contributed by atoms with Crippen LogP contribution in [0, 0.1) is 6.92 Å². The number of hydrazine groups is 1. The molecule has 6 heteroatoms. The first kappa shape index (κ1) is 11.7. The number of anilines is 1. The number of rotatable bonds is 2. The summed E-state index contributed by atoms with van der Waals surface area (Å²) in [4.78, 5) is 8.66. The third-order valence-corrected chi connectivity index (χ3v) is 2.82. The second-order valence-electron chi connectivity index (χ2n) is 4.26. The zero-order valence-corrected chi connectivity index (χ0v) is 10.5. The number of nitrogens with one attached hydrogen (secondary N) is 1. The van der Waals surface area contributed by atoms with Gasteiger partial charge in [-0.2, -0.15) is 0 Å². The van der Waals surface area contributed by atoms with E-state index in [9.17, 15) is 0 Å². The van der Waals surface area contributed by atoms with Gasteiger partial charge in [-0.3, -0.25) is 0 Å². The summed E-state index contributed by atoms with van der Waals surface area (Å²) >= 11 is 0. The Morgan fingerprint density at radius 2 is 2.05 bits per heavy atom. The highest BCUT2D eigenvalue weighted by atomic mass is 16.6. The summed E-state index contributed by atoms with van der Waals surface area (Å²) in [5, 5.41) is 0. The fourth-order valence-corrected chi connectivity index (χ4v) is 1.96. The van der Waals surface area contributed by atoms with Gasteiger partial charge in [-0.1, -0.05) is 12.1 Å². The van der Waals surface area contributed by atoms with Crippen LogP contribution in [0.1, 0.15) is 17.6 Å². The van der Waals surface area contributed by atoms with Gasteiger partial charge in [0.15, 0.2) is 23.4 Å². The first-order valence-electron chi connectivity index (χ1n) is 5.97. The van der Waals surface area contributed by atoms with Gasteiger partial charge >= 0.3 is 0 Å². The summed E-state index contributed by atoms with van der Waals surface area (Å²) in [5.41, 5.74) is 3.34. The Morgan fingerprint density at radius 3 is 2.84 bits per heavy atom. The largest absolute Gasteiger partial charge is 0.485 e. The minimum absolute atomic E-state index is 0.332. The molecule has 1 aliphatic heterocycles. The summed E-state index contributed by atoms with van der Waals surface area (Å²) in [6.07, 6.45) is -0.332. The van der Waals surface area contributed by atoms with Gasteiger partial charge in [0.1, 0.15) is 12.4 Å². The third-order valence-electron chi connectivity index (χ3n) is 2.82. The summed E-state index contributed by atoms with van der Waals surface area (Å²) < 4.78 is 11.5. The van der Waals surface area contributed by atoms with Crippen LogP contribution in [0.25, 0.3) is 0 Å². The van der Waals surface area contributed by atoms with Crippen LogP contribution < -0.4 is 20.7 Å². The highest BCUT2D eigenvalue weighted by molar-refractivity contribution is 5.41. The highest BCUT2D eigenvalue weighted by Crippen LogP contribution is 2.35. The molecule has 1 aromatic heterocycles. The van der Waals surface area contributed by atoms with Gasteiger partial charge in [0.25, 0.3) is 0 Å². The van der Waals surface area contributed by atoms with Crippen molar-refractivity contribution in [3.05, 3.63) is 41.9 Å². The molecule has 0 saturated heterocycles. The third kappa shape index (κ3) is 2.30. The normalized spacial score (nSPS) is 17.1. The maximum Gasteiger partial charge on any atom is 0.192 e. The number of nitrogen functional groups attached to an aromatic ring is 1. The molecule has 1 atom stereocenters. The van der Waals surface area contributed by atoms with Crippen LogP contribution in [0.3, 0.4) is 0 Å². The van der Waals surface area contributed by atoms with Crippen molar-refractivity contribution in [2.45, 2.75) is 13.0 Å². The van der Waals surface area contributed by atoms with Crippen LogP contribution in [-0.2, 0) is 0 Å². The first-order chi connectivity index (χ1) is 9.26. The number of hydrogen-bond acceptors (Lipinski definition) is 6. The number of para-hydroxylation sites is 2. The van der Waals surface area contributed by atoms with Gasteiger partial charge in [-0.25, -0.2) is 15.8 Å². The van der Waals surface area contributed by atoms with E-state index in [4.69, 9.17) is 15.3 Å². The number of hydrogen-bond donors (Lipinski definition) is 2. The molecule has 98 valence electrons. The second kappa shape index (κ2) is 4.74. The molecule has 3 rings (SSSR count). The molecule has 0 amide bonds. The van der Waals surface area contributed by atoms with E-state index in [-0.39, 0.29) is 6.10 Å². The monoisotopic (exact) mass is 258 g/mol. The molecular weight excluding hydrogens is 244 g/mol. The van der Waals surface area contributed by atoms with Crippen LogP contribution in [0.5, 0.6) is 11.5 Å². The van der Waals surface area contributed by atoms with Crippen LogP contribution in [0.2, 0.25) is 0 Å². The molecule has 1 unspecified atom stereocenters. The molecule has 2 aromatic rings. The number of nitrogens with two attached hydrogens (primary N) is 1. The fraction of sp³-hybridized carbons (Fsp3) is 0.231. The zero-order valence-electron chi connectivity index (χ0n) is 10.5. The van der Waals surface area contributed by atoms with Crippen molar-refractivity contribution >= 4 is 5.82 Å². The molecule has 0 spiro atoms. The minimum atomic E-state index is -0.332. The van der Waals surface area contributed by atoms with Crippen LogP contribution in [-0.4, -0.2) is 16.6 Å². The molecule has 1 aliphatic rings. The quantitative estimate of drug-likeness (QED) is 0.628. The molecule has 0 aliphatic carbocycles. The number of nitrogens with zero attached hydrogens (tertiary/aromatic N) is 2. The van der Waals surface area contributed by atoms with Gasteiger partial charge in [-0.05, 0) is 19.1 Å². The summed E-state index contributed by atoms with van der Waals surface area (Å²) in [6, 6.07) is 9.30. The van der Waals surface area contributed by atoms with E-state index in [1.165, 1.54) is 0 Å². The van der Waals surface area contributed by atoms with Crippen molar-refractivity contribution in [2.24, 2.45) is 5.84 Å². The van der Waals surface area contributed by atoms with E-state index in [0.717, 1.165) is 11.4 Å². The first-order valence-corrected chi connectivity index (χ1v) is 5.97. The van der Waals surface area contributed by atoms with Crippen molar-refractivity contribution in [3.63, 3.8) is 0 Å². The van der Waals surface area contributed by atoms with Gasteiger partial charge in [-0.15, -0.1) is 0 Å². The summed E-state index contributed by atoms with van der Waals surface area (Å²) in [6.45, 7) is 2.26. The molecule has 0 saturated carbocycles. The highest BCUT2D eigenvalue weighted by Gasteiger charge is 2.25. The van der Waals surface area contributed by atoms with Crippen LogP contribution >= 0.6 is 0 Å². The van der Waals surface area contributed by atoms with E-state index >= 15 is 0 Å². The van der Waals surface area contributed by atoms with E-state index in [0.29, 0.717) is 24.0 Å². The average Bonchev–Trinajstić information content (AvgIpc) is 2.46. The standard InChI is InChI=1S/C13H14N4O2/c1-8-6-12(17-14)16-13(15-8)11-7-18-9-4-2-3-5-10(9)19-11/h2-6,11H,7,14H2,1H3,(H,15,16,17). The lowest BCUT2D eigenvalue weighted by molar-refractivity contribution is 0.0850. The van der Waals surface area contributed by atoms with Gasteiger partial charge < -0.3 is 14.9 Å². The van der Waals surface area contributed by atoms with Crippen molar-refractivity contribution in [3.8, 4) is 11.5 Å². The molecule has 2 heterocycles. The topological polar surface area (TPSA) is 82.3 Å². The molecule has 1 aromatic carbocycles. The van der Waals surface area contributed by atoms with E-state index in [2.05, 4.69) is 15.4 Å². The Kier molecular flexibility index (Phi) is 2.92. The smallest absolute Gasteiger partial charge is 0.192 e. The van der Waals surface area contributed by atoms with E-state index < -0.39 is 0 Å². The Morgan fingerprint density at radius 1 is 1.26 bits per heavy atom. The number of ether oxygens (including phenoxy) is 2.